The van der Waals surface area contributed by atoms with E-state index in [4.69, 9.17) is 10.7 Å². The average molecular weight is 367 g/mol. The Kier molecular flexibility index (Phi) is 4.22. The zero-order valence-electron chi connectivity index (χ0n) is 15.5. The van der Waals surface area contributed by atoms with Crippen LogP contribution in [0.5, 0.6) is 0 Å². The first kappa shape index (κ1) is 16.8. The smallest absolute Gasteiger partial charge is 0.159 e. The van der Waals surface area contributed by atoms with Crippen LogP contribution in [0, 0.1) is 0 Å². The molecule has 138 valence electrons. The molecule has 0 bridgehead atoms. The van der Waals surface area contributed by atoms with Gasteiger partial charge >= 0.3 is 0 Å². The molecule has 0 aliphatic carbocycles. The third kappa shape index (κ3) is 3.21. The molecule has 0 fully saturated rings. The number of nitrogen functional groups attached to an aromatic ring is 1. The third-order valence-electron chi connectivity index (χ3n) is 5.36. The van der Waals surface area contributed by atoms with Crippen molar-refractivity contribution in [2.45, 2.75) is 19.5 Å². The van der Waals surface area contributed by atoms with Gasteiger partial charge in [-0.15, -0.1) is 0 Å². The van der Waals surface area contributed by atoms with Crippen molar-refractivity contribution >= 4 is 16.5 Å². The van der Waals surface area contributed by atoms with Gasteiger partial charge in [-0.25, -0.2) is 9.97 Å². The van der Waals surface area contributed by atoms with Gasteiger partial charge in [0.25, 0.3) is 0 Å². The molecule has 0 unspecified atom stereocenters. The molecular formula is C23H21N5. The number of pyridine rings is 1. The first-order valence-corrected chi connectivity index (χ1v) is 9.51. The number of fused-ring (bicyclic) bond motifs is 2. The number of benzene rings is 2. The molecule has 1 aliphatic rings. The van der Waals surface area contributed by atoms with Gasteiger partial charge in [0.1, 0.15) is 0 Å². The molecule has 0 saturated heterocycles. The summed E-state index contributed by atoms with van der Waals surface area (Å²) < 4.78 is 0. The van der Waals surface area contributed by atoms with Crippen LogP contribution in [0.25, 0.3) is 22.2 Å². The zero-order valence-corrected chi connectivity index (χ0v) is 15.5. The summed E-state index contributed by atoms with van der Waals surface area (Å²) in [4.78, 5) is 16.1. The van der Waals surface area contributed by atoms with Crippen LogP contribution >= 0.6 is 0 Å². The van der Waals surface area contributed by atoms with E-state index in [2.05, 4.69) is 39.1 Å². The summed E-state index contributed by atoms with van der Waals surface area (Å²) in [5.74, 6) is 0.761. The molecule has 0 spiro atoms. The fourth-order valence-corrected chi connectivity index (χ4v) is 3.83. The van der Waals surface area contributed by atoms with Crippen LogP contribution in [0.3, 0.4) is 0 Å². The van der Waals surface area contributed by atoms with E-state index in [1.54, 1.807) is 0 Å². The Labute approximate surface area is 163 Å². The third-order valence-corrected chi connectivity index (χ3v) is 5.36. The Morgan fingerprint density at radius 2 is 1.89 bits per heavy atom. The van der Waals surface area contributed by atoms with Gasteiger partial charge in [0, 0.05) is 54.9 Å². The lowest BCUT2D eigenvalue weighted by atomic mass is 10.0. The molecule has 0 amide bonds. The molecule has 28 heavy (non-hydrogen) atoms. The topological polar surface area (TPSA) is 67.9 Å². The highest BCUT2D eigenvalue weighted by atomic mass is 15.1. The monoisotopic (exact) mass is 367 g/mol. The number of rotatable bonds is 3. The van der Waals surface area contributed by atoms with Crippen LogP contribution in [0.15, 0.2) is 67.1 Å². The van der Waals surface area contributed by atoms with Crippen molar-refractivity contribution in [1.29, 1.82) is 0 Å². The quantitative estimate of drug-likeness (QED) is 0.557. The van der Waals surface area contributed by atoms with Crippen LogP contribution in [-0.2, 0) is 19.5 Å². The lowest BCUT2D eigenvalue weighted by Crippen LogP contribution is -2.31. The maximum atomic E-state index is 5.80. The maximum absolute atomic E-state index is 5.80. The standard InChI is InChI=1S/C23H21N5/c24-20-6-4-16(5-7-20)23-26-13-18-9-11-28(15-22(18)27-23)14-19-3-1-2-17-12-25-10-8-21(17)19/h1-8,10,12-13H,9,11,14-15,24H2. The molecule has 2 N–H and O–H groups in total. The van der Waals surface area contributed by atoms with E-state index in [0.717, 1.165) is 48.8 Å². The number of anilines is 1. The molecule has 0 saturated carbocycles. The second-order valence-corrected chi connectivity index (χ2v) is 7.26. The Bertz CT molecular complexity index is 1130. The Balaban J connectivity index is 1.41. The highest BCUT2D eigenvalue weighted by Gasteiger charge is 2.19. The van der Waals surface area contributed by atoms with Gasteiger partial charge in [-0.2, -0.15) is 0 Å². The number of hydrogen-bond acceptors (Lipinski definition) is 5. The molecule has 2 aromatic carbocycles. The van der Waals surface area contributed by atoms with Crippen LogP contribution < -0.4 is 5.73 Å². The summed E-state index contributed by atoms with van der Waals surface area (Å²) in [6.45, 7) is 2.75. The minimum atomic E-state index is 0.748. The molecule has 5 heteroatoms. The van der Waals surface area contributed by atoms with Gasteiger partial charge in [-0.05, 0) is 53.3 Å². The minimum absolute atomic E-state index is 0.748. The van der Waals surface area contributed by atoms with E-state index in [9.17, 15) is 0 Å². The van der Waals surface area contributed by atoms with Crippen molar-refractivity contribution in [3.05, 3.63) is 83.9 Å². The van der Waals surface area contributed by atoms with Crippen LogP contribution in [0.4, 0.5) is 5.69 Å². The second-order valence-electron chi connectivity index (χ2n) is 7.26. The van der Waals surface area contributed by atoms with E-state index in [-0.39, 0.29) is 0 Å². The molecule has 1 aliphatic heterocycles. The van der Waals surface area contributed by atoms with Gasteiger partial charge in [-0.1, -0.05) is 18.2 Å². The summed E-state index contributed by atoms with van der Waals surface area (Å²) in [5, 5.41) is 2.46. The highest BCUT2D eigenvalue weighted by Crippen LogP contribution is 2.25. The summed E-state index contributed by atoms with van der Waals surface area (Å²) in [6.07, 6.45) is 6.75. The molecule has 3 heterocycles. The number of nitrogens with two attached hydrogens (primary N) is 1. The van der Waals surface area contributed by atoms with Gasteiger partial charge < -0.3 is 5.73 Å². The molecule has 5 nitrogen and oxygen atoms in total. The molecular weight excluding hydrogens is 346 g/mol. The first-order chi connectivity index (χ1) is 13.8. The lowest BCUT2D eigenvalue weighted by Gasteiger charge is -2.28. The van der Waals surface area contributed by atoms with Gasteiger partial charge in [0.05, 0.1) is 5.69 Å². The Hall–Kier alpha value is -3.31. The van der Waals surface area contributed by atoms with Crippen molar-refractivity contribution in [2.75, 3.05) is 12.3 Å². The van der Waals surface area contributed by atoms with Crippen molar-refractivity contribution in [3.8, 4) is 11.4 Å². The largest absolute Gasteiger partial charge is 0.399 e. The fraction of sp³-hybridized carbons (Fsp3) is 0.174. The van der Waals surface area contributed by atoms with Crippen LogP contribution in [0.2, 0.25) is 0 Å². The lowest BCUT2D eigenvalue weighted by molar-refractivity contribution is 0.242. The summed E-state index contributed by atoms with van der Waals surface area (Å²) in [5.41, 5.74) is 11.2. The van der Waals surface area contributed by atoms with Crippen molar-refractivity contribution in [3.63, 3.8) is 0 Å². The predicted molar refractivity (Wildman–Crippen MR) is 111 cm³/mol. The Morgan fingerprint density at radius 1 is 1.00 bits per heavy atom. The van der Waals surface area contributed by atoms with E-state index in [0.29, 0.717) is 0 Å². The van der Waals surface area contributed by atoms with Crippen LogP contribution in [0.1, 0.15) is 16.8 Å². The number of nitrogens with zero attached hydrogens (tertiary/aromatic N) is 4. The zero-order chi connectivity index (χ0) is 18.9. The second kappa shape index (κ2) is 7.02. The van der Waals surface area contributed by atoms with Gasteiger partial charge in [-0.3, -0.25) is 9.88 Å². The summed E-state index contributed by atoms with van der Waals surface area (Å²) in [6, 6.07) is 16.3. The average Bonchev–Trinajstić information content (AvgIpc) is 2.74. The molecule has 2 aromatic heterocycles. The molecule has 0 atom stereocenters. The fourth-order valence-electron chi connectivity index (χ4n) is 3.83. The van der Waals surface area contributed by atoms with Crippen molar-refractivity contribution < 1.29 is 0 Å². The highest BCUT2D eigenvalue weighted by molar-refractivity contribution is 5.84. The molecule has 4 aromatic rings. The molecule has 5 rings (SSSR count). The SMILES string of the molecule is Nc1ccc(-c2ncc3c(n2)CN(Cc2cccc4cnccc24)CC3)cc1. The van der Waals surface area contributed by atoms with Crippen molar-refractivity contribution in [2.24, 2.45) is 0 Å². The van der Waals surface area contributed by atoms with E-state index in [1.807, 2.05) is 42.9 Å². The first-order valence-electron chi connectivity index (χ1n) is 9.51. The normalized spacial score (nSPS) is 14.1. The van der Waals surface area contributed by atoms with Crippen molar-refractivity contribution in [1.82, 2.24) is 19.9 Å². The number of hydrogen-bond donors (Lipinski definition) is 1. The van der Waals surface area contributed by atoms with E-state index < -0.39 is 0 Å². The minimum Gasteiger partial charge on any atom is -0.399 e. The number of aromatic nitrogens is 3. The van der Waals surface area contributed by atoms with Gasteiger partial charge in [0.2, 0.25) is 0 Å². The van der Waals surface area contributed by atoms with E-state index >= 15 is 0 Å². The molecule has 0 radical (unpaired) electrons. The van der Waals surface area contributed by atoms with Crippen LogP contribution in [-0.4, -0.2) is 26.4 Å². The van der Waals surface area contributed by atoms with E-state index in [1.165, 1.54) is 21.9 Å². The Morgan fingerprint density at radius 3 is 2.79 bits per heavy atom. The summed E-state index contributed by atoms with van der Waals surface area (Å²) in [7, 11) is 0. The predicted octanol–water partition coefficient (Wildman–Crippen LogP) is 3.83. The van der Waals surface area contributed by atoms with Gasteiger partial charge in [0.15, 0.2) is 5.82 Å². The summed E-state index contributed by atoms with van der Waals surface area (Å²) >= 11 is 0. The maximum Gasteiger partial charge on any atom is 0.159 e.